The van der Waals surface area contributed by atoms with E-state index >= 15 is 0 Å². The quantitative estimate of drug-likeness (QED) is 0.546. The van der Waals surface area contributed by atoms with E-state index in [1.807, 2.05) is 0 Å². The van der Waals surface area contributed by atoms with Crippen LogP contribution in [0.2, 0.25) is 0 Å². The summed E-state index contributed by atoms with van der Waals surface area (Å²) in [4.78, 5) is 28.8. The third-order valence-corrected chi connectivity index (χ3v) is 2.36. The van der Waals surface area contributed by atoms with Gasteiger partial charge in [-0.25, -0.2) is 19.3 Å². The highest BCUT2D eigenvalue weighted by molar-refractivity contribution is 5.84. The molecule has 2 rings (SSSR count). The number of nitrogens with zero attached hydrogens (tertiary/aromatic N) is 4. The number of H-pyrrole nitrogens is 1. The average molecular weight is 279 g/mol. The molecule has 0 unspecified atom stereocenters. The van der Waals surface area contributed by atoms with Gasteiger partial charge in [0.25, 0.3) is 0 Å². The van der Waals surface area contributed by atoms with Crippen LogP contribution in [0.1, 0.15) is 16.3 Å². The van der Waals surface area contributed by atoms with Crippen LogP contribution in [0, 0.1) is 0 Å². The second-order valence-electron chi connectivity index (χ2n) is 3.82. The van der Waals surface area contributed by atoms with Crippen molar-refractivity contribution in [3.8, 4) is 0 Å². The van der Waals surface area contributed by atoms with E-state index in [0.717, 1.165) is 0 Å². The van der Waals surface area contributed by atoms with Crippen LogP contribution in [0.4, 0.5) is 4.79 Å². The van der Waals surface area contributed by atoms with Gasteiger partial charge in [-0.15, -0.1) is 5.10 Å². The number of amides is 2. The van der Waals surface area contributed by atoms with Crippen LogP contribution in [0.5, 0.6) is 0 Å². The van der Waals surface area contributed by atoms with Crippen LogP contribution in [0.3, 0.4) is 0 Å². The number of aromatic nitrogens is 5. The molecule has 0 aromatic carbocycles. The van der Waals surface area contributed by atoms with Gasteiger partial charge in [-0.05, 0) is 0 Å². The summed E-state index contributed by atoms with van der Waals surface area (Å²) in [5, 5.41) is 21.0. The normalized spacial score (nSPS) is 10.2. The summed E-state index contributed by atoms with van der Waals surface area (Å²) in [5.41, 5.74) is -0.132. The topological polar surface area (TPSA) is 138 Å². The molecule has 20 heavy (non-hydrogen) atoms. The Hall–Kier alpha value is -2.91. The number of aromatic carboxylic acids is 1. The number of aromatic amines is 1. The number of hydrogen-bond donors (Lipinski definition) is 4. The van der Waals surface area contributed by atoms with E-state index < -0.39 is 5.97 Å². The van der Waals surface area contributed by atoms with Crippen molar-refractivity contribution in [2.75, 3.05) is 6.54 Å². The number of carboxylic acids is 1. The molecule has 10 heteroatoms. The summed E-state index contributed by atoms with van der Waals surface area (Å²) in [5.74, 6) is -0.483. The molecule has 0 aliphatic rings. The molecule has 2 aromatic rings. The van der Waals surface area contributed by atoms with E-state index in [-0.39, 0.29) is 11.7 Å². The monoisotopic (exact) mass is 279 g/mol. The Balaban J connectivity index is 1.67. The highest BCUT2D eigenvalue weighted by Gasteiger charge is 2.08. The fourth-order valence-electron chi connectivity index (χ4n) is 1.41. The number of carbonyl (C=O) groups excluding carboxylic acids is 1. The zero-order valence-corrected chi connectivity index (χ0v) is 10.4. The van der Waals surface area contributed by atoms with E-state index in [1.54, 1.807) is 12.4 Å². The number of carbonyl (C=O) groups is 2. The number of carboxylic acid groups (broad SMARTS) is 1. The molecule has 0 saturated carbocycles. The van der Waals surface area contributed by atoms with Crippen molar-refractivity contribution in [3.63, 3.8) is 0 Å². The van der Waals surface area contributed by atoms with Gasteiger partial charge in [0.15, 0.2) is 5.69 Å². The molecule has 0 aliphatic carbocycles. The Morgan fingerprint density at radius 1 is 1.40 bits per heavy atom. The summed E-state index contributed by atoms with van der Waals surface area (Å²) in [6.07, 6.45) is 4.56. The molecule has 0 atom stereocenters. The summed E-state index contributed by atoms with van der Waals surface area (Å²) < 4.78 is 1.34. The van der Waals surface area contributed by atoms with Gasteiger partial charge < -0.3 is 20.7 Å². The van der Waals surface area contributed by atoms with E-state index in [4.69, 9.17) is 5.11 Å². The van der Waals surface area contributed by atoms with Crippen molar-refractivity contribution in [3.05, 3.63) is 30.1 Å². The minimum absolute atomic E-state index is 0.132. The minimum atomic E-state index is -1.14. The SMILES string of the molecule is O=C(NCCn1cc(C(=O)O)nn1)NCc1ncc[nH]1. The first-order chi connectivity index (χ1) is 9.65. The number of urea groups is 1. The molecule has 106 valence electrons. The second-order valence-corrected chi connectivity index (χ2v) is 3.82. The third-order valence-electron chi connectivity index (χ3n) is 2.36. The highest BCUT2D eigenvalue weighted by atomic mass is 16.4. The predicted molar refractivity (Wildman–Crippen MR) is 65.8 cm³/mol. The molecule has 0 fully saturated rings. The largest absolute Gasteiger partial charge is 0.476 e. The van der Waals surface area contributed by atoms with E-state index in [1.165, 1.54) is 10.9 Å². The number of imidazole rings is 1. The zero-order chi connectivity index (χ0) is 14.4. The maximum Gasteiger partial charge on any atom is 0.358 e. The summed E-state index contributed by atoms with van der Waals surface area (Å²) in [6.45, 7) is 0.923. The molecular formula is C10H13N7O3. The van der Waals surface area contributed by atoms with Gasteiger partial charge in [0.05, 0.1) is 19.3 Å². The first-order valence-electron chi connectivity index (χ1n) is 5.78. The predicted octanol–water partition coefficient (Wildman–Crippen LogP) is -0.801. The Kier molecular flexibility index (Phi) is 4.27. The molecule has 2 amide bonds. The number of hydrogen-bond acceptors (Lipinski definition) is 5. The van der Waals surface area contributed by atoms with Crippen LogP contribution in [0.15, 0.2) is 18.6 Å². The van der Waals surface area contributed by atoms with Gasteiger partial charge in [-0.1, -0.05) is 5.21 Å². The molecule has 0 spiro atoms. The maximum atomic E-state index is 11.4. The lowest BCUT2D eigenvalue weighted by atomic mass is 10.5. The first-order valence-corrected chi connectivity index (χ1v) is 5.78. The lowest BCUT2D eigenvalue weighted by Crippen LogP contribution is -2.37. The van der Waals surface area contributed by atoms with Crippen LogP contribution >= 0.6 is 0 Å². The fraction of sp³-hybridized carbons (Fsp3) is 0.300. The summed E-state index contributed by atoms with van der Waals surface area (Å²) in [7, 11) is 0. The first kappa shape index (κ1) is 13.5. The number of rotatable bonds is 6. The lowest BCUT2D eigenvalue weighted by Gasteiger charge is -2.06. The van der Waals surface area contributed by atoms with Crippen molar-refractivity contribution in [1.29, 1.82) is 0 Å². The van der Waals surface area contributed by atoms with Crippen molar-refractivity contribution in [2.24, 2.45) is 0 Å². The Morgan fingerprint density at radius 2 is 2.25 bits per heavy atom. The molecule has 2 heterocycles. The molecule has 4 N–H and O–H groups in total. The van der Waals surface area contributed by atoms with Gasteiger partial charge >= 0.3 is 12.0 Å². The summed E-state index contributed by atoms with van der Waals surface area (Å²) >= 11 is 0. The standard InChI is InChI=1S/C10H13N7O3/c18-9(19)7-6-17(16-15-7)4-3-13-10(20)14-5-8-11-1-2-12-8/h1-2,6H,3-5H2,(H,11,12)(H,18,19)(H2,13,14,20). The third kappa shape index (κ3) is 3.80. The maximum absolute atomic E-state index is 11.4. The van der Waals surface area contributed by atoms with Gasteiger partial charge in [0.1, 0.15) is 5.82 Å². The van der Waals surface area contributed by atoms with Gasteiger partial charge in [-0.3, -0.25) is 0 Å². The minimum Gasteiger partial charge on any atom is -0.476 e. The molecule has 0 aliphatic heterocycles. The summed E-state index contributed by atoms with van der Waals surface area (Å²) in [6, 6.07) is -0.347. The Morgan fingerprint density at radius 3 is 2.90 bits per heavy atom. The van der Waals surface area contributed by atoms with Crippen LogP contribution in [0.25, 0.3) is 0 Å². The molecular weight excluding hydrogens is 266 g/mol. The smallest absolute Gasteiger partial charge is 0.358 e. The lowest BCUT2D eigenvalue weighted by molar-refractivity contribution is 0.0690. The second kappa shape index (κ2) is 6.31. The Bertz CT molecular complexity index is 577. The van der Waals surface area contributed by atoms with Crippen LogP contribution in [-0.2, 0) is 13.1 Å². The van der Waals surface area contributed by atoms with E-state index in [0.29, 0.717) is 25.5 Å². The molecule has 10 nitrogen and oxygen atoms in total. The molecule has 0 radical (unpaired) electrons. The fourth-order valence-corrected chi connectivity index (χ4v) is 1.41. The highest BCUT2D eigenvalue weighted by Crippen LogP contribution is 1.92. The van der Waals surface area contributed by atoms with Crippen molar-refractivity contribution >= 4 is 12.0 Å². The van der Waals surface area contributed by atoms with E-state index in [9.17, 15) is 9.59 Å². The molecule has 0 bridgehead atoms. The van der Waals surface area contributed by atoms with Crippen molar-refractivity contribution in [1.82, 2.24) is 35.6 Å². The van der Waals surface area contributed by atoms with Crippen molar-refractivity contribution in [2.45, 2.75) is 13.1 Å². The van der Waals surface area contributed by atoms with Gasteiger partial charge in [0, 0.05) is 18.9 Å². The van der Waals surface area contributed by atoms with Crippen LogP contribution < -0.4 is 10.6 Å². The zero-order valence-electron chi connectivity index (χ0n) is 10.4. The molecule has 2 aromatic heterocycles. The van der Waals surface area contributed by atoms with Gasteiger partial charge in [-0.2, -0.15) is 0 Å². The molecule has 0 saturated heterocycles. The number of nitrogens with one attached hydrogen (secondary N) is 3. The average Bonchev–Trinajstić information content (AvgIpc) is 3.07. The van der Waals surface area contributed by atoms with E-state index in [2.05, 4.69) is 30.9 Å². The Labute approximate surface area is 113 Å². The van der Waals surface area contributed by atoms with Gasteiger partial charge in [0.2, 0.25) is 0 Å². The van der Waals surface area contributed by atoms with Crippen molar-refractivity contribution < 1.29 is 14.7 Å². The van der Waals surface area contributed by atoms with Crippen LogP contribution in [-0.4, -0.2) is 48.6 Å².